The van der Waals surface area contributed by atoms with Crippen molar-refractivity contribution in [3.8, 4) is 0 Å². The molecular weight excluding hydrogens is 479 g/mol. The third-order valence-electron chi connectivity index (χ3n) is 8.06. The average molecular weight is 516 g/mol. The molecule has 2 aliphatic rings. The average Bonchev–Trinajstić information content (AvgIpc) is 3.66. The number of benzene rings is 2. The maximum absolute atomic E-state index is 14.1. The number of halogens is 3. The molecule has 2 atom stereocenters. The first-order chi connectivity index (χ1) is 17.4. The Morgan fingerprint density at radius 3 is 2.27 bits per heavy atom. The van der Waals surface area contributed by atoms with Crippen molar-refractivity contribution in [2.45, 2.75) is 59.6 Å². The van der Waals surface area contributed by atoms with Gasteiger partial charge in [-0.15, -0.1) is 0 Å². The van der Waals surface area contributed by atoms with Crippen LogP contribution in [0.25, 0.3) is 0 Å². The fraction of sp³-hybridized carbons (Fsp3) is 0.517. The number of hydrogen-bond donors (Lipinski definition) is 1. The van der Waals surface area contributed by atoms with Crippen molar-refractivity contribution in [1.29, 1.82) is 0 Å². The topological polar surface area (TPSA) is 52.7 Å². The summed E-state index contributed by atoms with van der Waals surface area (Å²) in [5.41, 5.74) is 1.49. The molecule has 2 aromatic rings. The van der Waals surface area contributed by atoms with E-state index in [9.17, 15) is 22.8 Å². The molecule has 200 valence electrons. The van der Waals surface area contributed by atoms with Gasteiger partial charge in [0, 0.05) is 24.5 Å². The largest absolute Gasteiger partial charge is 0.416 e. The summed E-state index contributed by atoms with van der Waals surface area (Å²) in [6.07, 6.45) is -2.83. The van der Waals surface area contributed by atoms with Gasteiger partial charge in [0.25, 0.3) is 0 Å². The minimum atomic E-state index is -4.51. The molecule has 1 saturated carbocycles. The summed E-state index contributed by atoms with van der Waals surface area (Å²) < 4.78 is 41.0. The number of nitrogens with one attached hydrogen (secondary N) is 1. The maximum Gasteiger partial charge on any atom is 0.416 e. The van der Waals surface area contributed by atoms with E-state index in [0.717, 1.165) is 35.7 Å². The Morgan fingerprint density at radius 2 is 1.73 bits per heavy atom. The smallest absolute Gasteiger partial charge is 0.325 e. The first-order valence-electron chi connectivity index (χ1n) is 13.0. The van der Waals surface area contributed by atoms with Crippen molar-refractivity contribution >= 4 is 23.2 Å². The van der Waals surface area contributed by atoms with Crippen LogP contribution in [-0.4, -0.2) is 42.9 Å². The molecule has 0 aromatic heterocycles. The van der Waals surface area contributed by atoms with E-state index in [1.54, 1.807) is 17.9 Å². The second-order valence-corrected chi connectivity index (χ2v) is 10.6. The first-order valence-corrected chi connectivity index (χ1v) is 13.0. The molecular formula is C29H36F3N3O2. The van der Waals surface area contributed by atoms with Gasteiger partial charge in [0.2, 0.25) is 11.8 Å². The lowest BCUT2D eigenvalue weighted by Gasteiger charge is -2.35. The van der Waals surface area contributed by atoms with Crippen molar-refractivity contribution in [2.24, 2.45) is 11.3 Å². The molecule has 1 N–H and O–H groups in total. The van der Waals surface area contributed by atoms with Crippen LogP contribution in [0.1, 0.15) is 61.8 Å². The van der Waals surface area contributed by atoms with Crippen LogP contribution in [0.4, 0.5) is 24.5 Å². The number of rotatable bonds is 8. The van der Waals surface area contributed by atoms with Crippen molar-refractivity contribution in [1.82, 2.24) is 4.90 Å². The van der Waals surface area contributed by atoms with Gasteiger partial charge >= 0.3 is 6.18 Å². The van der Waals surface area contributed by atoms with Crippen LogP contribution in [0.3, 0.4) is 0 Å². The molecule has 0 unspecified atom stereocenters. The minimum Gasteiger partial charge on any atom is -0.325 e. The Morgan fingerprint density at radius 1 is 1.11 bits per heavy atom. The highest BCUT2D eigenvalue weighted by atomic mass is 19.4. The molecule has 1 aliphatic heterocycles. The summed E-state index contributed by atoms with van der Waals surface area (Å²) in [7, 11) is 0. The number of nitrogens with zero attached hydrogens (tertiary/aromatic N) is 2. The Bertz CT molecular complexity index is 1170. The minimum absolute atomic E-state index is 0.0918. The molecule has 1 aliphatic carbocycles. The summed E-state index contributed by atoms with van der Waals surface area (Å²) in [4.78, 5) is 31.5. The number of anilines is 2. The third-order valence-corrected chi connectivity index (χ3v) is 8.06. The van der Waals surface area contributed by atoms with E-state index in [2.05, 4.69) is 10.2 Å². The predicted molar refractivity (Wildman–Crippen MR) is 140 cm³/mol. The zero-order valence-electron chi connectivity index (χ0n) is 22.2. The van der Waals surface area contributed by atoms with Gasteiger partial charge < -0.3 is 15.1 Å². The summed E-state index contributed by atoms with van der Waals surface area (Å²) in [5.74, 6) is -1.13. The van der Waals surface area contributed by atoms with E-state index in [1.807, 2.05) is 45.9 Å². The Hall–Kier alpha value is -2.87. The Kier molecular flexibility index (Phi) is 7.43. The molecule has 4 rings (SSSR count). The summed E-state index contributed by atoms with van der Waals surface area (Å²) >= 11 is 0. The Balaban J connectivity index is 1.74. The highest BCUT2D eigenvalue weighted by Gasteiger charge is 2.56. The molecule has 8 heteroatoms. The van der Waals surface area contributed by atoms with Crippen LogP contribution >= 0.6 is 0 Å². The summed E-state index contributed by atoms with van der Waals surface area (Å²) in [5, 5.41) is 2.82. The number of hydrogen-bond acceptors (Lipinski definition) is 3. The van der Waals surface area contributed by atoms with Gasteiger partial charge in [-0.05, 0) is 80.6 Å². The molecule has 1 heterocycles. The molecule has 1 saturated heterocycles. The van der Waals surface area contributed by atoms with E-state index in [1.165, 1.54) is 6.07 Å². The fourth-order valence-corrected chi connectivity index (χ4v) is 5.56. The molecule has 0 radical (unpaired) electrons. The first kappa shape index (κ1) is 27.2. The number of alkyl halides is 3. The van der Waals surface area contributed by atoms with Gasteiger partial charge in [0.05, 0.1) is 16.9 Å². The number of aryl methyl sites for hydroxylation is 2. The molecule has 2 aromatic carbocycles. The van der Waals surface area contributed by atoms with Gasteiger partial charge in [-0.25, -0.2) is 0 Å². The number of amides is 2. The van der Waals surface area contributed by atoms with Crippen LogP contribution in [0, 0.1) is 25.2 Å². The zero-order chi connectivity index (χ0) is 27.1. The standard InChI is InChI=1S/C29H36F3N3O2/c1-6-34(7-2)16-28(17-35(26(36)20(28)5)25-18(3)9-8-10-19(25)4)27(37)33-24-14-22(21-11-12-21)13-23(15-24)29(30,31)32/h8-10,13-15,20-21H,6-7,11-12,16-17H2,1-5H3,(H,33,37)/t20-,28-/m1/s1. The van der Waals surface area contributed by atoms with Crippen LogP contribution in [0.5, 0.6) is 0 Å². The van der Waals surface area contributed by atoms with E-state index < -0.39 is 29.0 Å². The molecule has 0 bridgehead atoms. The van der Waals surface area contributed by atoms with Crippen LogP contribution in [-0.2, 0) is 15.8 Å². The summed E-state index contributed by atoms with van der Waals surface area (Å²) in [6.45, 7) is 11.5. The monoisotopic (exact) mass is 515 g/mol. The quantitative estimate of drug-likeness (QED) is 0.459. The molecule has 2 fully saturated rings. The lowest BCUT2D eigenvalue weighted by molar-refractivity contribution is -0.137. The second-order valence-electron chi connectivity index (χ2n) is 10.6. The molecule has 5 nitrogen and oxygen atoms in total. The summed E-state index contributed by atoms with van der Waals surface area (Å²) in [6, 6.07) is 9.64. The van der Waals surface area contributed by atoms with Gasteiger partial charge in [-0.3, -0.25) is 9.59 Å². The molecule has 0 spiro atoms. The second kappa shape index (κ2) is 10.1. The van der Waals surface area contributed by atoms with Crippen LogP contribution in [0.15, 0.2) is 36.4 Å². The maximum atomic E-state index is 14.1. The lowest BCUT2D eigenvalue weighted by atomic mass is 9.77. The Labute approximate surface area is 217 Å². The van der Waals surface area contributed by atoms with Crippen LogP contribution < -0.4 is 10.2 Å². The van der Waals surface area contributed by atoms with Crippen molar-refractivity contribution < 1.29 is 22.8 Å². The fourth-order valence-electron chi connectivity index (χ4n) is 5.56. The van der Waals surface area contributed by atoms with Gasteiger partial charge in [0.1, 0.15) is 0 Å². The third kappa shape index (κ3) is 5.26. The van der Waals surface area contributed by atoms with Crippen molar-refractivity contribution in [2.75, 3.05) is 36.4 Å². The highest BCUT2D eigenvalue weighted by molar-refractivity contribution is 6.08. The van der Waals surface area contributed by atoms with Crippen LogP contribution in [0.2, 0.25) is 0 Å². The molecule has 2 amide bonds. The van der Waals surface area contributed by atoms with Crippen molar-refractivity contribution in [3.63, 3.8) is 0 Å². The van der Waals surface area contributed by atoms with E-state index in [0.29, 0.717) is 25.2 Å². The lowest BCUT2D eigenvalue weighted by Crippen LogP contribution is -2.50. The molecule has 37 heavy (non-hydrogen) atoms. The van der Waals surface area contributed by atoms with E-state index in [4.69, 9.17) is 0 Å². The number of para-hydroxylation sites is 1. The van der Waals surface area contributed by atoms with Gasteiger partial charge in [-0.1, -0.05) is 39.0 Å². The normalized spacial score (nSPS) is 22.1. The van der Waals surface area contributed by atoms with E-state index >= 15 is 0 Å². The zero-order valence-corrected chi connectivity index (χ0v) is 22.2. The van der Waals surface area contributed by atoms with Crippen molar-refractivity contribution in [3.05, 3.63) is 58.7 Å². The highest BCUT2D eigenvalue weighted by Crippen LogP contribution is 2.45. The SMILES string of the molecule is CCN(CC)C[C@@]1(C(=O)Nc2cc(C3CC3)cc(C(F)(F)F)c2)CN(c2c(C)cccc2C)C(=O)[C@H]1C. The van der Waals surface area contributed by atoms with Gasteiger partial charge in [0.15, 0.2) is 0 Å². The van der Waals surface area contributed by atoms with E-state index in [-0.39, 0.29) is 24.1 Å². The predicted octanol–water partition coefficient (Wildman–Crippen LogP) is 6.15. The number of carbonyl (C=O) groups is 2. The number of carbonyl (C=O) groups excluding carboxylic acids is 2. The van der Waals surface area contributed by atoms with Gasteiger partial charge in [-0.2, -0.15) is 13.2 Å².